The van der Waals surface area contributed by atoms with Crippen molar-refractivity contribution < 1.29 is 14.3 Å². The first-order valence-corrected chi connectivity index (χ1v) is 12.2. The van der Waals surface area contributed by atoms with Gasteiger partial charge in [-0.2, -0.15) is 0 Å². The number of hydrogen-bond donors (Lipinski definition) is 1. The molecule has 1 fully saturated rings. The second-order valence-electron chi connectivity index (χ2n) is 8.03. The highest BCUT2D eigenvalue weighted by molar-refractivity contribution is 7.21. The van der Waals surface area contributed by atoms with E-state index in [0.717, 1.165) is 62.9 Å². The van der Waals surface area contributed by atoms with Crippen LogP contribution in [0, 0.1) is 13.8 Å². The zero-order valence-corrected chi connectivity index (χ0v) is 19.2. The SMILES string of the molecule is Cc1nc(C2CC2)nc2sc(C(=O)Nc3nc(-c4ccc5c(c4)OCCO5)cs3)c(C)c12. The third-order valence-corrected chi connectivity index (χ3v) is 7.64. The zero-order chi connectivity index (χ0) is 21.8. The van der Waals surface area contributed by atoms with Crippen LogP contribution in [0.25, 0.3) is 21.5 Å². The first-order valence-electron chi connectivity index (χ1n) is 10.5. The average Bonchev–Trinajstić information content (AvgIpc) is 3.46. The number of aromatic nitrogens is 3. The number of carbonyl (C=O) groups excluding carboxylic acids is 1. The van der Waals surface area contributed by atoms with E-state index in [4.69, 9.17) is 14.5 Å². The van der Waals surface area contributed by atoms with E-state index in [1.807, 2.05) is 37.4 Å². The number of thiophene rings is 1. The second-order valence-corrected chi connectivity index (χ2v) is 9.89. The van der Waals surface area contributed by atoms with Crippen LogP contribution in [-0.4, -0.2) is 34.1 Å². The van der Waals surface area contributed by atoms with Crippen molar-refractivity contribution in [3.63, 3.8) is 0 Å². The minimum absolute atomic E-state index is 0.166. The van der Waals surface area contributed by atoms with Gasteiger partial charge in [0.1, 0.15) is 23.9 Å². The zero-order valence-electron chi connectivity index (χ0n) is 17.6. The highest BCUT2D eigenvalue weighted by atomic mass is 32.1. The summed E-state index contributed by atoms with van der Waals surface area (Å²) >= 11 is 2.82. The predicted molar refractivity (Wildman–Crippen MR) is 125 cm³/mol. The number of nitrogens with zero attached hydrogens (tertiary/aromatic N) is 3. The number of nitrogens with one attached hydrogen (secondary N) is 1. The molecule has 9 heteroatoms. The maximum absolute atomic E-state index is 13.1. The molecule has 2 aliphatic rings. The molecule has 1 amide bonds. The summed E-state index contributed by atoms with van der Waals surface area (Å²) in [5.41, 5.74) is 3.57. The number of anilines is 1. The van der Waals surface area contributed by atoms with Crippen molar-refractivity contribution >= 4 is 43.9 Å². The van der Waals surface area contributed by atoms with Crippen LogP contribution in [0.1, 0.15) is 45.5 Å². The molecule has 1 saturated carbocycles. The molecule has 0 unspecified atom stereocenters. The van der Waals surface area contributed by atoms with Gasteiger partial charge in [0.05, 0.1) is 16.3 Å². The van der Waals surface area contributed by atoms with E-state index >= 15 is 0 Å². The molecule has 1 aromatic carbocycles. The van der Waals surface area contributed by atoms with Gasteiger partial charge in [0.2, 0.25) is 0 Å². The van der Waals surface area contributed by atoms with Gasteiger partial charge in [0, 0.05) is 22.2 Å². The standard InChI is InChI=1S/C23H20N4O3S2/c1-11-18-12(2)24-20(13-3-4-13)26-22(18)32-19(11)21(28)27-23-25-15(10-31-23)14-5-6-16-17(9-14)30-8-7-29-16/h5-6,9-10,13H,3-4,7-8H2,1-2H3,(H,25,27,28). The maximum Gasteiger partial charge on any atom is 0.267 e. The number of amides is 1. The van der Waals surface area contributed by atoms with Crippen LogP contribution in [0.3, 0.4) is 0 Å². The molecule has 162 valence electrons. The molecule has 0 atom stereocenters. The third-order valence-electron chi connectivity index (χ3n) is 5.70. The lowest BCUT2D eigenvalue weighted by molar-refractivity contribution is 0.103. The summed E-state index contributed by atoms with van der Waals surface area (Å²) in [7, 11) is 0. The molecule has 1 aliphatic heterocycles. The smallest absolute Gasteiger partial charge is 0.267 e. The Labute approximate surface area is 192 Å². The molecule has 0 bridgehead atoms. The molecule has 6 rings (SSSR count). The third kappa shape index (κ3) is 3.41. The van der Waals surface area contributed by atoms with Gasteiger partial charge in [-0.15, -0.1) is 22.7 Å². The number of carbonyl (C=O) groups is 1. The van der Waals surface area contributed by atoms with E-state index in [1.165, 1.54) is 22.7 Å². The molecule has 32 heavy (non-hydrogen) atoms. The molecule has 0 radical (unpaired) electrons. The van der Waals surface area contributed by atoms with Gasteiger partial charge in [-0.3, -0.25) is 10.1 Å². The first-order chi connectivity index (χ1) is 15.6. The van der Waals surface area contributed by atoms with Crippen molar-refractivity contribution in [2.24, 2.45) is 0 Å². The van der Waals surface area contributed by atoms with E-state index in [9.17, 15) is 4.79 Å². The summed E-state index contributed by atoms with van der Waals surface area (Å²) in [6.45, 7) is 5.06. The summed E-state index contributed by atoms with van der Waals surface area (Å²) in [5.74, 6) is 2.68. The topological polar surface area (TPSA) is 86.2 Å². The van der Waals surface area contributed by atoms with Gasteiger partial charge < -0.3 is 9.47 Å². The Kier molecular flexibility index (Phi) is 4.62. The van der Waals surface area contributed by atoms with E-state index < -0.39 is 0 Å². The highest BCUT2D eigenvalue weighted by Crippen LogP contribution is 2.41. The van der Waals surface area contributed by atoms with Gasteiger partial charge in [-0.1, -0.05) is 0 Å². The molecule has 1 N–H and O–H groups in total. The van der Waals surface area contributed by atoms with Crippen LogP contribution in [0.15, 0.2) is 23.6 Å². The summed E-state index contributed by atoms with van der Waals surface area (Å²) < 4.78 is 11.2. The molecule has 0 saturated heterocycles. The highest BCUT2D eigenvalue weighted by Gasteiger charge is 2.28. The van der Waals surface area contributed by atoms with E-state index in [0.29, 0.717) is 29.1 Å². The Bertz CT molecular complexity index is 1370. The number of ether oxygens (including phenoxy) is 2. The fourth-order valence-electron chi connectivity index (χ4n) is 3.92. The Morgan fingerprint density at radius 3 is 2.72 bits per heavy atom. The van der Waals surface area contributed by atoms with Crippen LogP contribution in [0.2, 0.25) is 0 Å². The number of benzene rings is 1. The Hall–Kier alpha value is -3.04. The molecular formula is C23H20N4O3S2. The number of aryl methyl sites for hydroxylation is 2. The predicted octanol–water partition coefficient (Wildman–Crippen LogP) is 5.33. The average molecular weight is 465 g/mol. The molecule has 3 aromatic heterocycles. The Morgan fingerprint density at radius 1 is 1.09 bits per heavy atom. The molecule has 7 nitrogen and oxygen atoms in total. The summed E-state index contributed by atoms with van der Waals surface area (Å²) in [6, 6.07) is 5.76. The van der Waals surface area contributed by atoms with Gasteiger partial charge in [-0.25, -0.2) is 15.0 Å². The summed E-state index contributed by atoms with van der Waals surface area (Å²) in [5, 5.41) is 6.42. The summed E-state index contributed by atoms with van der Waals surface area (Å²) in [4.78, 5) is 28.6. The van der Waals surface area contributed by atoms with Crippen LogP contribution >= 0.6 is 22.7 Å². The molecule has 4 aromatic rings. The number of thiazole rings is 1. The van der Waals surface area contributed by atoms with Crippen LogP contribution in [-0.2, 0) is 0 Å². The maximum atomic E-state index is 13.1. The number of rotatable bonds is 4. The van der Waals surface area contributed by atoms with Crippen molar-refractivity contribution in [1.29, 1.82) is 0 Å². The van der Waals surface area contributed by atoms with E-state index in [2.05, 4.69) is 15.3 Å². The van der Waals surface area contributed by atoms with Crippen molar-refractivity contribution in [3.8, 4) is 22.8 Å². The number of hydrogen-bond acceptors (Lipinski definition) is 8. The lowest BCUT2D eigenvalue weighted by atomic mass is 10.1. The fraction of sp³-hybridized carbons (Fsp3) is 0.304. The summed E-state index contributed by atoms with van der Waals surface area (Å²) in [6.07, 6.45) is 2.30. The van der Waals surface area contributed by atoms with Crippen molar-refractivity contribution in [2.45, 2.75) is 32.6 Å². The largest absolute Gasteiger partial charge is 0.486 e. The van der Waals surface area contributed by atoms with Crippen molar-refractivity contribution in [1.82, 2.24) is 15.0 Å². The van der Waals surface area contributed by atoms with Gasteiger partial charge in [-0.05, 0) is 50.5 Å². The molecule has 1 aliphatic carbocycles. The molecular weight excluding hydrogens is 444 g/mol. The van der Waals surface area contributed by atoms with Gasteiger partial charge >= 0.3 is 0 Å². The van der Waals surface area contributed by atoms with Gasteiger partial charge in [0.15, 0.2) is 16.6 Å². The Balaban J connectivity index is 1.26. The second kappa shape index (κ2) is 7.53. The minimum atomic E-state index is -0.166. The normalized spacial score (nSPS) is 15.2. The van der Waals surface area contributed by atoms with Crippen molar-refractivity contribution in [2.75, 3.05) is 18.5 Å². The molecule has 4 heterocycles. The van der Waals surface area contributed by atoms with E-state index in [-0.39, 0.29) is 5.91 Å². The lowest BCUT2D eigenvalue weighted by Gasteiger charge is -2.18. The first kappa shape index (κ1) is 19.6. The number of fused-ring (bicyclic) bond motifs is 2. The quantitative estimate of drug-likeness (QED) is 0.439. The molecule has 0 spiro atoms. The van der Waals surface area contributed by atoms with E-state index in [1.54, 1.807) is 0 Å². The minimum Gasteiger partial charge on any atom is -0.486 e. The Morgan fingerprint density at radius 2 is 1.91 bits per heavy atom. The fourth-order valence-corrected chi connectivity index (χ4v) is 5.77. The monoisotopic (exact) mass is 464 g/mol. The van der Waals surface area contributed by atoms with Crippen LogP contribution in [0.4, 0.5) is 5.13 Å². The van der Waals surface area contributed by atoms with Crippen molar-refractivity contribution in [3.05, 3.63) is 45.5 Å². The van der Waals surface area contributed by atoms with Crippen LogP contribution < -0.4 is 14.8 Å². The van der Waals surface area contributed by atoms with Crippen LogP contribution in [0.5, 0.6) is 11.5 Å². The van der Waals surface area contributed by atoms with Gasteiger partial charge in [0.25, 0.3) is 5.91 Å². The lowest BCUT2D eigenvalue weighted by Crippen LogP contribution is -2.15.